The van der Waals surface area contributed by atoms with Crippen LogP contribution in [-0.4, -0.2) is 33.7 Å². The van der Waals surface area contributed by atoms with Gasteiger partial charge in [-0.3, -0.25) is 0 Å². The number of aromatic nitrogens is 2. The summed E-state index contributed by atoms with van der Waals surface area (Å²) < 4.78 is 5.39. The van der Waals surface area contributed by atoms with E-state index in [2.05, 4.69) is 28.4 Å². The Kier molecular flexibility index (Phi) is 5.60. The third-order valence-electron chi connectivity index (χ3n) is 5.67. The summed E-state index contributed by atoms with van der Waals surface area (Å²) in [6.45, 7) is 4.87. The van der Waals surface area contributed by atoms with Gasteiger partial charge in [0.25, 0.3) is 5.89 Å². The maximum absolute atomic E-state index is 12.9. The summed E-state index contributed by atoms with van der Waals surface area (Å²) in [5.74, 6) is 1.22. The van der Waals surface area contributed by atoms with E-state index in [1.165, 1.54) is 5.56 Å². The molecule has 0 radical (unpaired) electrons. The highest BCUT2D eigenvalue weighted by atomic mass is 16.5. The SMILES string of the molecule is Cc1cccc(NC(=O)N2CCCC2CCc2noc(-c3ccccc3)n2)c1C. The van der Waals surface area contributed by atoms with Gasteiger partial charge < -0.3 is 14.7 Å². The van der Waals surface area contributed by atoms with Gasteiger partial charge in [-0.2, -0.15) is 4.98 Å². The minimum atomic E-state index is -0.0284. The molecule has 0 spiro atoms. The van der Waals surface area contributed by atoms with E-state index in [0.29, 0.717) is 18.1 Å². The molecule has 1 aromatic heterocycles. The van der Waals surface area contributed by atoms with Crippen LogP contribution in [0.25, 0.3) is 11.5 Å². The third kappa shape index (κ3) is 4.31. The highest BCUT2D eigenvalue weighted by Crippen LogP contribution is 2.25. The van der Waals surface area contributed by atoms with Crippen molar-refractivity contribution in [1.82, 2.24) is 15.0 Å². The molecule has 4 rings (SSSR count). The van der Waals surface area contributed by atoms with Gasteiger partial charge in [-0.25, -0.2) is 4.79 Å². The first kappa shape index (κ1) is 19.2. The lowest BCUT2D eigenvalue weighted by Gasteiger charge is -2.25. The van der Waals surface area contributed by atoms with E-state index >= 15 is 0 Å². The fourth-order valence-corrected chi connectivity index (χ4v) is 3.83. The van der Waals surface area contributed by atoms with E-state index in [9.17, 15) is 4.79 Å². The summed E-state index contributed by atoms with van der Waals surface area (Å²) in [4.78, 5) is 19.3. The first-order valence-corrected chi connectivity index (χ1v) is 10.1. The van der Waals surface area contributed by atoms with Gasteiger partial charge in [0.05, 0.1) is 0 Å². The van der Waals surface area contributed by atoms with Crippen LogP contribution in [-0.2, 0) is 6.42 Å². The number of likely N-dealkylation sites (tertiary alicyclic amines) is 1. The number of carbonyl (C=O) groups excluding carboxylic acids is 1. The van der Waals surface area contributed by atoms with E-state index in [0.717, 1.165) is 42.6 Å². The fourth-order valence-electron chi connectivity index (χ4n) is 3.83. The lowest BCUT2D eigenvalue weighted by molar-refractivity contribution is 0.203. The first-order chi connectivity index (χ1) is 14.1. The number of nitrogens with zero attached hydrogens (tertiary/aromatic N) is 3. The van der Waals surface area contributed by atoms with E-state index in [1.54, 1.807) is 0 Å². The number of hydrogen-bond acceptors (Lipinski definition) is 4. The highest BCUT2D eigenvalue weighted by molar-refractivity contribution is 5.90. The maximum atomic E-state index is 12.9. The molecule has 1 aliphatic heterocycles. The number of hydrogen-bond donors (Lipinski definition) is 1. The molecular weight excluding hydrogens is 364 g/mol. The van der Waals surface area contributed by atoms with Gasteiger partial charge in [0.1, 0.15) is 0 Å². The average Bonchev–Trinajstić information content (AvgIpc) is 3.40. The molecule has 1 saturated heterocycles. The van der Waals surface area contributed by atoms with Crippen molar-refractivity contribution in [3.63, 3.8) is 0 Å². The van der Waals surface area contributed by atoms with Crippen LogP contribution in [0.15, 0.2) is 53.1 Å². The Hall–Kier alpha value is -3.15. The summed E-state index contributed by atoms with van der Waals surface area (Å²) in [5.41, 5.74) is 4.08. The predicted octanol–water partition coefficient (Wildman–Crippen LogP) is 4.98. The van der Waals surface area contributed by atoms with Crippen molar-refractivity contribution < 1.29 is 9.32 Å². The quantitative estimate of drug-likeness (QED) is 0.667. The van der Waals surface area contributed by atoms with Crippen molar-refractivity contribution in [3.8, 4) is 11.5 Å². The van der Waals surface area contributed by atoms with Crippen LogP contribution < -0.4 is 5.32 Å². The molecule has 6 heteroatoms. The minimum Gasteiger partial charge on any atom is -0.334 e. The van der Waals surface area contributed by atoms with Gasteiger partial charge in [0.15, 0.2) is 5.82 Å². The molecule has 1 unspecified atom stereocenters. The summed E-state index contributed by atoms with van der Waals surface area (Å²) in [7, 11) is 0. The Morgan fingerprint density at radius 3 is 2.83 bits per heavy atom. The average molecular weight is 390 g/mol. The number of carbonyl (C=O) groups is 1. The third-order valence-corrected chi connectivity index (χ3v) is 5.67. The van der Waals surface area contributed by atoms with Crippen molar-refractivity contribution in [2.45, 2.75) is 45.6 Å². The normalized spacial score (nSPS) is 16.2. The van der Waals surface area contributed by atoms with E-state index in [1.807, 2.05) is 54.3 Å². The molecule has 1 fully saturated rings. The van der Waals surface area contributed by atoms with Gasteiger partial charge in [0.2, 0.25) is 0 Å². The number of anilines is 1. The zero-order chi connectivity index (χ0) is 20.2. The van der Waals surface area contributed by atoms with E-state index < -0.39 is 0 Å². The molecule has 150 valence electrons. The number of aryl methyl sites for hydroxylation is 2. The highest BCUT2D eigenvalue weighted by Gasteiger charge is 2.29. The Bertz CT molecular complexity index is 984. The van der Waals surface area contributed by atoms with Crippen LogP contribution >= 0.6 is 0 Å². The summed E-state index contributed by atoms with van der Waals surface area (Å²) in [6, 6.07) is 15.9. The van der Waals surface area contributed by atoms with Crippen molar-refractivity contribution in [2.24, 2.45) is 0 Å². The van der Waals surface area contributed by atoms with Crippen LogP contribution in [0.4, 0.5) is 10.5 Å². The second-order valence-electron chi connectivity index (χ2n) is 7.59. The van der Waals surface area contributed by atoms with Crippen molar-refractivity contribution in [3.05, 3.63) is 65.5 Å². The first-order valence-electron chi connectivity index (χ1n) is 10.1. The molecule has 2 aromatic carbocycles. The number of benzene rings is 2. The number of rotatable bonds is 5. The van der Waals surface area contributed by atoms with Crippen LogP contribution in [0.5, 0.6) is 0 Å². The molecule has 1 atom stereocenters. The van der Waals surface area contributed by atoms with Gasteiger partial charge in [-0.1, -0.05) is 35.5 Å². The molecule has 6 nitrogen and oxygen atoms in total. The second-order valence-corrected chi connectivity index (χ2v) is 7.59. The summed E-state index contributed by atoms with van der Waals surface area (Å²) in [6.07, 6.45) is 3.54. The fraction of sp³-hybridized carbons (Fsp3) is 0.348. The van der Waals surface area contributed by atoms with E-state index in [4.69, 9.17) is 4.52 Å². The standard InChI is InChI=1S/C23H26N4O2/c1-16-8-6-12-20(17(16)2)24-23(28)27-15-7-11-19(27)13-14-21-25-22(29-26-21)18-9-4-3-5-10-18/h3-6,8-10,12,19H,7,11,13-15H2,1-2H3,(H,24,28). The molecule has 2 amide bonds. The lowest BCUT2D eigenvalue weighted by Crippen LogP contribution is -2.39. The predicted molar refractivity (Wildman–Crippen MR) is 113 cm³/mol. The van der Waals surface area contributed by atoms with Crippen molar-refractivity contribution >= 4 is 11.7 Å². The molecule has 0 saturated carbocycles. The molecule has 2 heterocycles. The number of amides is 2. The van der Waals surface area contributed by atoms with Crippen LogP contribution in [0.1, 0.15) is 36.2 Å². The topological polar surface area (TPSA) is 71.3 Å². The van der Waals surface area contributed by atoms with Crippen molar-refractivity contribution in [1.29, 1.82) is 0 Å². The molecule has 0 aliphatic carbocycles. The van der Waals surface area contributed by atoms with Crippen LogP contribution in [0.2, 0.25) is 0 Å². The molecule has 29 heavy (non-hydrogen) atoms. The van der Waals surface area contributed by atoms with Gasteiger partial charge >= 0.3 is 6.03 Å². The minimum absolute atomic E-state index is 0.0284. The van der Waals surface area contributed by atoms with Gasteiger partial charge in [0, 0.05) is 30.3 Å². The molecule has 0 bridgehead atoms. The summed E-state index contributed by atoms with van der Waals surface area (Å²) in [5, 5.41) is 7.19. The Balaban J connectivity index is 1.37. The Morgan fingerprint density at radius 2 is 2.00 bits per heavy atom. The molecule has 3 aromatic rings. The van der Waals surface area contributed by atoms with Gasteiger partial charge in [-0.05, 0) is 62.4 Å². The van der Waals surface area contributed by atoms with E-state index in [-0.39, 0.29) is 12.1 Å². The lowest BCUT2D eigenvalue weighted by atomic mass is 10.1. The van der Waals surface area contributed by atoms with Crippen LogP contribution in [0.3, 0.4) is 0 Å². The van der Waals surface area contributed by atoms with Crippen molar-refractivity contribution in [2.75, 3.05) is 11.9 Å². The smallest absolute Gasteiger partial charge is 0.322 e. The Labute approximate surface area is 170 Å². The zero-order valence-electron chi connectivity index (χ0n) is 16.9. The number of urea groups is 1. The molecule has 1 N–H and O–H groups in total. The molecule has 1 aliphatic rings. The summed E-state index contributed by atoms with van der Waals surface area (Å²) >= 11 is 0. The number of nitrogens with one attached hydrogen (secondary N) is 1. The monoisotopic (exact) mass is 390 g/mol. The maximum Gasteiger partial charge on any atom is 0.322 e. The largest absolute Gasteiger partial charge is 0.334 e. The molecular formula is C23H26N4O2. The zero-order valence-corrected chi connectivity index (χ0v) is 16.9. The Morgan fingerprint density at radius 1 is 1.17 bits per heavy atom. The second kappa shape index (κ2) is 8.47. The van der Waals surface area contributed by atoms with Crippen LogP contribution in [0, 0.1) is 13.8 Å². The van der Waals surface area contributed by atoms with Gasteiger partial charge in [-0.15, -0.1) is 0 Å².